The largest absolute Gasteiger partial charge is 0.508 e. The van der Waals surface area contributed by atoms with Gasteiger partial charge in [-0.2, -0.15) is 0 Å². The lowest BCUT2D eigenvalue weighted by Gasteiger charge is -2.25. The molecule has 1 aliphatic heterocycles. The summed E-state index contributed by atoms with van der Waals surface area (Å²) in [4.78, 5) is 11.8. The second-order valence-corrected chi connectivity index (χ2v) is 5.19. The first-order valence-electron chi connectivity index (χ1n) is 6.80. The number of hydrogen-bond acceptors (Lipinski definition) is 3. The lowest BCUT2D eigenvalue weighted by atomic mass is 9.87. The highest BCUT2D eigenvalue weighted by atomic mass is 16.3. The molecule has 1 atom stereocenters. The maximum absolute atomic E-state index is 11.8. The van der Waals surface area contributed by atoms with E-state index in [0.29, 0.717) is 12.1 Å². The van der Waals surface area contributed by atoms with Gasteiger partial charge >= 0.3 is 0 Å². The number of hydrogen-bond donors (Lipinski definition) is 2. The van der Waals surface area contributed by atoms with E-state index in [0.717, 1.165) is 29.1 Å². The topological polar surface area (TPSA) is 62.5 Å². The number of phenols is 1. The van der Waals surface area contributed by atoms with E-state index in [1.165, 1.54) is 0 Å². The second-order valence-electron chi connectivity index (χ2n) is 5.19. The molecule has 0 aliphatic carbocycles. The molecule has 1 aromatic heterocycles. The number of carbonyl (C=O) groups is 1. The van der Waals surface area contributed by atoms with Crippen LogP contribution in [0.2, 0.25) is 0 Å². The zero-order valence-corrected chi connectivity index (χ0v) is 11.6. The molecule has 4 nitrogen and oxygen atoms in total. The summed E-state index contributed by atoms with van der Waals surface area (Å²) in [7, 11) is 0. The third kappa shape index (κ3) is 2.07. The predicted molar refractivity (Wildman–Crippen MR) is 76.0 cm³/mol. The van der Waals surface area contributed by atoms with Crippen LogP contribution in [0.25, 0.3) is 0 Å². The summed E-state index contributed by atoms with van der Waals surface area (Å²) in [6.45, 7) is 3.88. The lowest BCUT2D eigenvalue weighted by molar-refractivity contribution is -0.116. The van der Waals surface area contributed by atoms with Gasteiger partial charge in [-0.1, -0.05) is 6.92 Å². The standard InChI is InChI=1S/C16H17NO3/c1-3-10-4-5-15(20-10)12-7-16(19)17-13-8-14(18)9(2)6-11(12)13/h4-6,8,12,18H,3,7H2,1-2H3,(H,17,19)/t12-/m0/s1. The number of aromatic hydroxyl groups is 1. The fourth-order valence-corrected chi connectivity index (χ4v) is 2.64. The molecule has 104 valence electrons. The number of anilines is 1. The minimum Gasteiger partial charge on any atom is -0.508 e. The minimum absolute atomic E-state index is 0.0554. The Hall–Kier alpha value is -2.23. The SMILES string of the molecule is CCc1ccc([C@H]2CC(=O)Nc3cc(O)c(C)cc32)o1. The summed E-state index contributed by atoms with van der Waals surface area (Å²) < 4.78 is 5.81. The number of furan rings is 1. The van der Waals surface area contributed by atoms with Crippen LogP contribution in [0, 0.1) is 6.92 Å². The third-order valence-corrected chi connectivity index (χ3v) is 3.78. The molecule has 2 N–H and O–H groups in total. The average molecular weight is 271 g/mol. The van der Waals surface area contributed by atoms with Gasteiger partial charge in [-0.3, -0.25) is 4.79 Å². The first-order chi connectivity index (χ1) is 9.58. The summed E-state index contributed by atoms with van der Waals surface area (Å²) >= 11 is 0. The molecule has 0 unspecified atom stereocenters. The summed E-state index contributed by atoms with van der Waals surface area (Å²) in [6.07, 6.45) is 1.20. The Morgan fingerprint density at radius 3 is 2.90 bits per heavy atom. The Kier molecular flexibility index (Phi) is 3.01. The number of benzene rings is 1. The van der Waals surface area contributed by atoms with Crippen molar-refractivity contribution in [1.29, 1.82) is 0 Å². The monoisotopic (exact) mass is 271 g/mol. The Balaban J connectivity index is 2.09. The van der Waals surface area contributed by atoms with Crippen LogP contribution in [0.1, 0.15) is 41.9 Å². The van der Waals surface area contributed by atoms with Gasteiger partial charge < -0.3 is 14.8 Å². The van der Waals surface area contributed by atoms with Gasteiger partial charge in [0, 0.05) is 24.6 Å². The molecular weight excluding hydrogens is 254 g/mol. The minimum atomic E-state index is -0.0849. The number of rotatable bonds is 2. The lowest BCUT2D eigenvalue weighted by Crippen LogP contribution is -2.23. The van der Waals surface area contributed by atoms with Crippen molar-refractivity contribution in [2.45, 2.75) is 32.6 Å². The maximum atomic E-state index is 11.8. The molecule has 0 bridgehead atoms. The van der Waals surface area contributed by atoms with E-state index in [1.807, 2.05) is 32.0 Å². The predicted octanol–water partition coefficient (Wildman–Crippen LogP) is 3.33. The molecule has 2 aromatic rings. The van der Waals surface area contributed by atoms with Gasteiger partial charge in [-0.05, 0) is 36.2 Å². The maximum Gasteiger partial charge on any atom is 0.225 e. The molecule has 4 heteroatoms. The molecule has 0 spiro atoms. The Morgan fingerprint density at radius 2 is 2.20 bits per heavy atom. The highest BCUT2D eigenvalue weighted by Crippen LogP contribution is 2.40. The van der Waals surface area contributed by atoms with E-state index in [1.54, 1.807) is 6.07 Å². The molecule has 0 fully saturated rings. The van der Waals surface area contributed by atoms with Crippen LogP contribution in [0.15, 0.2) is 28.7 Å². The Labute approximate surface area is 117 Å². The first kappa shape index (κ1) is 12.8. The highest BCUT2D eigenvalue weighted by Gasteiger charge is 2.29. The van der Waals surface area contributed by atoms with Gasteiger partial charge in [-0.15, -0.1) is 0 Å². The molecule has 1 amide bonds. The van der Waals surface area contributed by atoms with Gasteiger partial charge in [-0.25, -0.2) is 0 Å². The number of aryl methyl sites for hydroxylation is 2. The van der Waals surface area contributed by atoms with E-state index in [2.05, 4.69) is 5.32 Å². The van der Waals surface area contributed by atoms with Crippen LogP contribution in [-0.4, -0.2) is 11.0 Å². The number of phenolic OH excluding ortho intramolecular Hbond substituents is 1. The molecular formula is C16H17NO3. The van der Waals surface area contributed by atoms with Crippen LogP contribution >= 0.6 is 0 Å². The van der Waals surface area contributed by atoms with Gasteiger partial charge in [0.2, 0.25) is 5.91 Å². The van der Waals surface area contributed by atoms with Crippen LogP contribution < -0.4 is 5.32 Å². The van der Waals surface area contributed by atoms with Crippen LogP contribution in [0.4, 0.5) is 5.69 Å². The summed E-state index contributed by atoms with van der Waals surface area (Å²) in [6, 6.07) is 7.42. The van der Waals surface area contributed by atoms with E-state index < -0.39 is 0 Å². The van der Waals surface area contributed by atoms with Gasteiger partial charge in [0.25, 0.3) is 0 Å². The van der Waals surface area contributed by atoms with Gasteiger partial charge in [0.1, 0.15) is 17.3 Å². The van der Waals surface area contributed by atoms with Crippen molar-refractivity contribution in [2.75, 3.05) is 5.32 Å². The van der Waals surface area contributed by atoms with Crippen molar-refractivity contribution < 1.29 is 14.3 Å². The van der Waals surface area contributed by atoms with Crippen LogP contribution in [-0.2, 0) is 11.2 Å². The van der Waals surface area contributed by atoms with Gasteiger partial charge in [0.05, 0.1) is 5.92 Å². The molecule has 0 saturated heterocycles. The van der Waals surface area contributed by atoms with Crippen LogP contribution in [0.5, 0.6) is 5.75 Å². The van der Waals surface area contributed by atoms with Crippen molar-refractivity contribution in [3.05, 3.63) is 46.9 Å². The molecule has 0 saturated carbocycles. The van der Waals surface area contributed by atoms with Crippen molar-refractivity contribution in [3.63, 3.8) is 0 Å². The number of carbonyl (C=O) groups excluding carboxylic acids is 1. The Bertz CT molecular complexity index is 672. The third-order valence-electron chi connectivity index (χ3n) is 3.78. The molecule has 20 heavy (non-hydrogen) atoms. The van der Waals surface area contributed by atoms with Crippen LogP contribution in [0.3, 0.4) is 0 Å². The number of nitrogens with one attached hydrogen (secondary N) is 1. The first-order valence-corrected chi connectivity index (χ1v) is 6.80. The zero-order valence-electron chi connectivity index (χ0n) is 11.6. The van der Waals surface area contributed by atoms with Crippen molar-refractivity contribution in [1.82, 2.24) is 0 Å². The smallest absolute Gasteiger partial charge is 0.225 e. The van der Waals surface area contributed by atoms with Crippen molar-refractivity contribution in [2.24, 2.45) is 0 Å². The van der Waals surface area contributed by atoms with Gasteiger partial charge in [0.15, 0.2) is 0 Å². The molecule has 2 heterocycles. The Morgan fingerprint density at radius 1 is 1.40 bits per heavy atom. The van der Waals surface area contributed by atoms with E-state index in [-0.39, 0.29) is 17.6 Å². The second kappa shape index (κ2) is 4.71. The molecule has 1 aromatic carbocycles. The zero-order chi connectivity index (χ0) is 14.3. The highest BCUT2D eigenvalue weighted by molar-refractivity contribution is 5.95. The van der Waals surface area contributed by atoms with Crippen molar-refractivity contribution in [3.8, 4) is 5.75 Å². The number of fused-ring (bicyclic) bond motifs is 1. The summed E-state index contributed by atoms with van der Waals surface area (Å²) in [5.74, 6) is 1.78. The fourth-order valence-electron chi connectivity index (χ4n) is 2.64. The normalized spacial score (nSPS) is 17.7. The average Bonchev–Trinajstić information content (AvgIpc) is 2.88. The van der Waals surface area contributed by atoms with E-state index in [9.17, 15) is 9.90 Å². The molecule has 0 radical (unpaired) electrons. The fraction of sp³-hybridized carbons (Fsp3) is 0.312. The van der Waals surface area contributed by atoms with Crippen molar-refractivity contribution >= 4 is 11.6 Å². The quantitative estimate of drug-likeness (QED) is 0.880. The van der Waals surface area contributed by atoms with E-state index >= 15 is 0 Å². The molecule has 1 aliphatic rings. The summed E-state index contributed by atoms with van der Waals surface area (Å²) in [5, 5.41) is 12.6. The summed E-state index contributed by atoms with van der Waals surface area (Å²) in [5.41, 5.74) is 2.47. The number of amides is 1. The van der Waals surface area contributed by atoms with E-state index in [4.69, 9.17) is 4.42 Å². The molecule has 3 rings (SSSR count).